The third-order valence-electron chi connectivity index (χ3n) is 5.22. The van der Waals surface area contributed by atoms with E-state index in [9.17, 15) is 4.79 Å². The number of rotatable bonds is 5. The van der Waals surface area contributed by atoms with Crippen molar-refractivity contribution in [2.75, 3.05) is 11.4 Å². The van der Waals surface area contributed by atoms with E-state index in [4.69, 9.17) is 0 Å². The van der Waals surface area contributed by atoms with E-state index in [-0.39, 0.29) is 16.9 Å². The summed E-state index contributed by atoms with van der Waals surface area (Å²) in [6, 6.07) is 16.8. The maximum atomic E-state index is 12.7. The van der Waals surface area contributed by atoms with Crippen molar-refractivity contribution in [3.63, 3.8) is 0 Å². The molecule has 0 bridgehead atoms. The summed E-state index contributed by atoms with van der Waals surface area (Å²) in [7, 11) is 0. The van der Waals surface area contributed by atoms with Crippen molar-refractivity contribution in [1.29, 1.82) is 0 Å². The van der Waals surface area contributed by atoms with Crippen molar-refractivity contribution in [2.24, 2.45) is 5.41 Å². The fourth-order valence-corrected chi connectivity index (χ4v) is 4.51. The van der Waals surface area contributed by atoms with E-state index < -0.39 is 0 Å². The average Bonchev–Trinajstić information content (AvgIpc) is 2.60. The number of benzene rings is 2. The van der Waals surface area contributed by atoms with Gasteiger partial charge in [-0.15, -0.1) is 0 Å². The summed E-state index contributed by atoms with van der Waals surface area (Å²) in [6.45, 7) is 12.8. The van der Waals surface area contributed by atoms with Crippen LogP contribution in [0, 0.1) is 5.41 Å². The SMILES string of the molecule is CC(C)(C)CC(C)(C)NC(=O)c1ccc(CN2CCCc3ccccc32)cc1. The van der Waals surface area contributed by atoms with Gasteiger partial charge in [0.25, 0.3) is 5.91 Å². The maximum Gasteiger partial charge on any atom is 0.251 e. The molecule has 0 radical (unpaired) electrons. The maximum absolute atomic E-state index is 12.7. The van der Waals surface area contributed by atoms with Gasteiger partial charge in [-0.1, -0.05) is 51.1 Å². The number of hydrogen-bond acceptors (Lipinski definition) is 2. The Morgan fingerprint density at radius 2 is 1.68 bits per heavy atom. The molecule has 3 nitrogen and oxygen atoms in total. The van der Waals surface area contributed by atoms with Gasteiger partial charge in [0.15, 0.2) is 0 Å². The second-order valence-electron chi connectivity index (χ2n) is 9.93. The summed E-state index contributed by atoms with van der Waals surface area (Å²) in [6.07, 6.45) is 3.29. The van der Waals surface area contributed by atoms with Gasteiger partial charge >= 0.3 is 0 Å². The molecular weight excluding hydrogens is 344 g/mol. The van der Waals surface area contributed by atoms with Crippen molar-refractivity contribution in [2.45, 2.75) is 66.0 Å². The summed E-state index contributed by atoms with van der Waals surface area (Å²) in [5, 5.41) is 3.19. The highest BCUT2D eigenvalue weighted by atomic mass is 16.1. The molecule has 28 heavy (non-hydrogen) atoms. The number of nitrogens with zero attached hydrogens (tertiary/aromatic N) is 1. The van der Waals surface area contributed by atoms with Gasteiger partial charge in [-0.05, 0) is 67.9 Å². The number of amides is 1. The Morgan fingerprint density at radius 1 is 1.00 bits per heavy atom. The second kappa shape index (κ2) is 7.98. The van der Waals surface area contributed by atoms with Crippen molar-refractivity contribution < 1.29 is 4.79 Å². The average molecular weight is 379 g/mol. The molecule has 0 atom stereocenters. The van der Waals surface area contributed by atoms with Gasteiger partial charge in [0.05, 0.1) is 0 Å². The highest BCUT2D eigenvalue weighted by molar-refractivity contribution is 5.94. The molecular formula is C25H34N2O. The highest BCUT2D eigenvalue weighted by Gasteiger charge is 2.27. The molecule has 0 unspecified atom stereocenters. The van der Waals surface area contributed by atoms with Gasteiger partial charge in [-0.2, -0.15) is 0 Å². The zero-order valence-corrected chi connectivity index (χ0v) is 18.0. The molecule has 2 aromatic rings. The molecule has 0 aliphatic carbocycles. The fraction of sp³-hybridized carbons (Fsp3) is 0.480. The number of para-hydroxylation sites is 1. The molecule has 1 heterocycles. The number of carbonyl (C=O) groups is 1. The standard InChI is InChI=1S/C25H34N2O/c1-24(2,3)18-25(4,5)26-23(28)21-14-12-19(13-15-21)17-27-16-8-10-20-9-6-7-11-22(20)27/h6-7,9,11-15H,8,10,16-18H2,1-5H3,(H,26,28). The third kappa shape index (κ3) is 5.37. The molecule has 0 spiro atoms. The zero-order valence-electron chi connectivity index (χ0n) is 18.0. The largest absolute Gasteiger partial charge is 0.367 e. The van der Waals surface area contributed by atoms with Crippen LogP contribution in [0.15, 0.2) is 48.5 Å². The first-order valence-electron chi connectivity index (χ1n) is 10.4. The molecule has 1 aliphatic rings. The predicted molar refractivity (Wildman–Crippen MR) is 118 cm³/mol. The van der Waals surface area contributed by atoms with E-state index in [0.717, 1.165) is 31.5 Å². The summed E-state index contributed by atoms with van der Waals surface area (Å²) < 4.78 is 0. The van der Waals surface area contributed by atoms with Gasteiger partial charge in [0.1, 0.15) is 0 Å². The number of aryl methyl sites for hydroxylation is 1. The number of fused-ring (bicyclic) bond motifs is 1. The Labute approximate surface area is 170 Å². The van der Waals surface area contributed by atoms with Crippen LogP contribution in [-0.2, 0) is 13.0 Å². The Hall–Kier alpha value is -2.29. The molecule has 0 aromatic heterocycles. The van der Waals surface area contributed by atoms with Crippen LogP contribution in [0.2, 0.25) is 0 Å². The predicted octanol–water partition coefficient (Wildman–Crippen LogP) is 5.58. The molecule has 1 N–H and O–H groups in total. The van der Waals surface area contributed by atoms with Gasteiger partial charge in [0.2, 0.25) is 0 Å². The van der Waals surface area contributed by atoms with Crippen LogP contribution in [0.25, 0.3) is 0 Å². The van der Waals surface area contributed by atoms with Crippen LogP contribution in [0.5, 0.6) is 0 Å². The molecule has 0 saturated carbocycles. The van der Waals surface area contributed by atoms with Crippen molar-refractivity contribution in [1.82, 2.24) is 5.32 Å². The minimum atomic E-state index is -0.231. The van der Waals surface area contributed by atoms with E-state index in [1.807, 2.05) is 12.1 Å². The Bertz CT molecular complexity index is 815. The van der Waals surface area contributed by atoms with Crippen LogP contribution in [0.4, 0.5) is 5.69 Å². The minimum absolute atomic E-state index is 0.00381. The fourth-order valence-electron chi connectivity index (χ4n) is 4.51. The van der Waals surface area contributed by atoms with E-state index in [2.05, 4.69) is 81.2 Å². The molecule has 1 aliphatic heterocycles. The van der Waals surface area contributed by atoms with E-state index in [1.165, 1.54) is 23.2 Å². The lowest BCUT2D eigenvalue weighted by atomic mass is 9.81. The second-order valence-corrected chi connectivity index (χ2v) is 9.93. The number of carbonyl (C=O) groups excluding carboxylic acids is 1. The summed E-state index contributed by atoms with van der Waals surface area (Å²) >= 11 is 0. The normalized spacial score (nSPS) is 14.5. The highest BCUT2D eigenvalue weighted by Crippen LogP contribution is 2.29. The van der Waals surface area contributed by atoms with E-state index in [0.29, 0.717) is 0 Å². The Balaban J connectivity index is 1.65. The van der Waals surface area contributed by atoms with Gasteiger partial charge in [-0.25, -0.2) is 0 Å². The lowest BCUT2D eigenvalue weighted by Crippen LogP contribution is -2.45. The molecule has 0 saturated heterocycles. The number of nitrogens with one attached hydrogen (secondary N) is 1. The van der Waals surface area contributed by atoms with Crippen molar-refractivity contribution in [3.8, 4) is 0 Å². The lowest BCUT2D eigenvalue weighted by Gasteiger charge is -2.33. The van der Waals surface area contributed by atoms with Crippen LogP contribution >= 0.6 is 0 Å². The van der Waals surface area contributed by atoms with Crippen molar-refractivity contribution >= 4 is 11.6 Å². The van der Waals surface area contributed by atoms with Crippen LogP contribution in [0.1, 0.15) is 68.9 Å². The van der Waals surface area contributed by atoms with E-state index in [1.54, 1.807) is 0 Å². The van der Waals surface area contributed by atoms with Gasteiger partial charge < -0.3 is 10.2 Å². The Kier molecular flexibility index (Phi) is 5.83. The monoisotopic (exact) mass is 378 g/mol. The van der Waals surface area contributed by atoms with Crippen LogP contribution in [0.3, 0.4) is 0 Å². The summed E-state index contributed by atoms with van der Waals surface area (Å²) in [4.78, 5) is 15.1. The zero-order chi connectivity index (χ0) is 20.4. The smallest absolute Gasteiger partial charge is 0.251 e. The Morgan fingerprint density at radius 3 is 2.36 bits per heavy atom. The van der Waals surface area contributed by atoms with Crippen molar-refractivity contribution in [3.05, 3.63) is 65.2 Å². The number of anilines is 1. The molecule has 2 aromatic carbocycles. The number of hydrogen-bond donors (Lipinski definition) is 1. The first-order chi connectivity index (χ1) is 13.1. The van der Waals surface area contributed by atoms with E-state index >= 15 is 0 Å². The lowest BCUT2D eigenvalue weighted by molar-refractivity contribution is 0.0891. The molecule has 0 fully saturated rings. The first kappa shape index (κ1) is 20.4. The topological polar surface area (TPSA) is 32.3 Å². The summed E-state index contributed by atoms with van der Waals surface area (Å²) in [5.41, 5.74) is 4.69. The molecule has 3 heteroatoms. The molecule has 1 amide bonds. The van der Waals surface area contributed by atoms with Crippen LogP contribution < -0.4 is 10.2 Å². The third-order valence-corrected chi connectivity index (χ3v) is 5.22. The van der Waals surface area contributed by atoms with Gasteiger partial charge in [-0.3, -0.25) is 4.79 Å². The minimum Gasteiger partial charge on any atom is -0.367 e. The van der Waals surface area contributed by atoms with Crippen LogP contribution in [-0.4, -0.2) is 18.0 Å². The quantitative estimate of drug-likeness (QED) is 0.736. The first-order valence-corrected chi connectivity index (χ1v) is 10.4. The van der Waals surface area contributed by atoms with Gasteiger partial charge in [0, 0.05) is 29.9 Å². The molecule has 150 valence electrons. The summed E-state index contributed by atoms with van der Waals surface area (Å²) in [5.74, 6) is 0.00381. The molecule has 3 rings (SSSR count).